The summed E-state index contributed by atoms with van der Waals surface area (Å²) in [6.07, 6.45) is 1.71. The molecule has 3 aromatic rings. The average molecular weight is 445 g/mol. The second kappa shape index (κ2) is 8.58. The number of aromatic nitrogens is 2. The fourth-order valence-electron chi connectivity index (χ4n) is 3.56. The van der Waals surface area contributed by atoms with Gasteiger partial charge in [-0.3, -0.25) is 18.2 Å². The number of rotatable bonds is 7. The van der Waals surface area contributed by atoms with Crippen LogP contribution in [0.3, 0.4) is 0 Å². The van der Waals surface area contributed by atoms with Crippen molar-refractivity contribution in [2.24, 2.45) is 14.1 Å². The van der Waals surface area contributed by atoms with E-state index in [1.54, 1.807) is 42.9 Å². The molecule has 0 spiro atoms. The number of fused-ring (bicyclic) bond motifs is 1. The van der Waals surface area contributed by atoms with Crippen molar-refractivity contribution in [1.29, 1.82) is 0 Å². The zero-order valence-electron chi connectivity index (χ0n) is 18.5. The topological polar surface area (TPSA) is 93.4 Å². The molecule has 0 aliphatic rings. The largest absolute Gasteiger partial charge is 0.328 e. The third kappa shape index (κ3) is 4.82. The van der Waals surface area contributed by atoms with E-state index in [4.69, 9.17) is 0 Å². The van der Waals surface area contributed by atoms with Gasteiger partial charge < -0.3 is 5.32 Å². The Morgan fingerprint density at radius 3 is 2.32 bits per heavy atom. The lowest BCUT2D eigenvalue weighted by atomic mass is 10.1. The summed E-state index contributed by atoms with van der Waals surface area (Å²) in [4.78, 5) is 24.5. The van der Waals surface area contributed by atoms with Crippen LogP contribution in [0.1, 0.15) is 24.0 Å². The summed E-state index contributed by atoms with van der Waals surface area (Å²) in [6.45, 7) is 4.12. The van der Waals surface area contributed by atoms with Gasteiger partial charge in [0.15, 0.2) is 0 Å². The fraction of sp³-hybridized carbons (Fsp3) is 0.364. The molecule has 1 aromatic heterocycles. The molecular weight excluding hydrogens is 416 g/mol. The maximum Gasteiger partial charge on any atom is 0.328 e. The van der Waals surface area contributed by atoms with Crippen LogP contribution in [0.25, 0.3) is 11.0 Å². The quantitative estimate of drug-likeness (QED) is 0.606. The van der Waals surface area contributed by atoms with Gasteiger partial charge in [0, 0.05) is 32.7 Å². The molecule has 0 fully saturated rings. The Balaban J connectivity index is 1.67. The summed E-state index contributed by atoms with van der Waals surface area (Å²) in [5.41, 5.74) is 4.66. The molecule has 0 saturated carbocycles. The Kier molecular flexibility index (Phi) is 6.26. The van der Waals surface area contributed by atoms with E-state index in [1.165, 1.54) is 15.1 Å². The molecule has 0 bridgehead atoms. The lowest BCUT2D eigenvalue weighted by Gasteiger charge is -2.23. The van der Waals surface area contributed by atoms with Crippen LogP contribution in [0, 0.1) is 13.8 Å². The minimum absolute atomic E-state index is 0.134. The normalized spacial score (nSPS) is 11.6. The third-order valence-corrected chi connectivity index (χ3v) is 6.69. The van der Waals surface area contributed by atoms with E-state index >= 15 is 0 Å². The number of carbonyl (C=O) groups is 1. The van der Waals surface area contributed by atoms with Crippen LogP contribution in [0.4, 0.5) is 11.4 Å². The van der Waals surface area contributed by atoms with Gasteiger partial charge in [0.25, 0.3) is 0 Å². The van der Waals surface area contributed by atoms with E-state index in [0.717, 1.165) is 22.2 Å². The average Bonchev–Trinajstić information content (AvgIpc) is 2.90. The van der Waals surface area contributed by atoms with Gasteiger partial charge in [-0.15, -0.1) is 0 Å². The first-order valence-corrected chi connectivity index (χ1v) is 11.8. The van der Waals surface area contributed by atoms with E-state index in [0.29, 0.717) is 17.8 Å². The Morgan fingerprint density at radius 1 is 1.00 bits per heavy atom. The van der Waals surface area contributed by atoms with Crippen molar-refractivity contribution in [2.45, 2.75) is 26.7 Å². The Hall–Kier alpha value is -3.07. The molecular formula is C22H28N4O4S. The summed E-state index contributed by atoms with van der Waals surface area (Å²) in [5, 5.41) is 2.83. The zero-order valence-corrected chi connectivity index (χ0v) is 19.3. The molecule has 1 N–H and O–H groups in total. The van der Waals surface area contributed by atoms with Gasteiger partial charge in [-0.25, -0.2) is 13.2 Å². The van der Waals surface area contributed by atoms with Crippen molar-refractivity contribution >= 4 is 38.3 Å². The number of nitrogens with zero attached hydrogens (tertiary/aromatic N) is 3. The van der Waals surface area contributed by atoms with Gasteiger partial charge in [-0.2, -0.15) is 0 Å². The summed E-state index contributed by atoms with van der Waals surface area (Å²) in [5.74, 6) is -0.214. The maximum absolute atomic E-state index is 12.4. The molecule has 0 unspecified atom stereocenters. The highest BCUT2D eigenvalue weighted by molar-refractivity contribution is 7.92. The Labute approximate surface area is 182 Å². The number of nitrogens with one attached hydrogen (secondary N) is 1. The molecule has 1 amide bonds. The molecule has 166 valence electrons. The van der Waals surface area contributed by atoms with Crippen molar-refractivity contribution in [3.63, 3.8) is 0 Å². The highest BCUT2D eigenvalue weighted by atomic mass is 32.2. The second-order valence-corrected chi connectivity index (χ2v) is 9.77. The first kappa shape index (κ1) is 22.6. The van der Waals surface area contributed by atoms with Crippen LogP contribution in [0.15, 0.2) is 41.2 Å². The molecule has 2 aromatic carbocycles. The number of anilines is 2. The second-order valence-electron chi connectivity index (χ2n) is 7.86. The molecule has 3 rings (SSSR count). The van der Waals surface area contributed by atoms with E-state index < -0.39 is 10.0 Å². The number of hydrogen-bond donors (Lipinski definition) is 1. The van der Waals surface area contributed by atoms with Crippen molar-refractivity contribution in [1.82, 2.24) is 9.13 Å². The van der Waals surface area contributed by atoms with Crippen LogP contribution in [0.5, 0.6) is 0 Å². The highest BCUT2D eigenvalue weighted by Gasteiger charge is 2.18. The smallest absolute Gasteiger partial charge is 0.326 e. The summed E-state index contributed by atoms with van der Waals surface area (Å²) in [6, 6.07) is 10.8. The van der Waals surface area contributed by atoms with Gasteiger partial charge >= 0.3 is 5.69 Å². The lowest BCUT2D eigenvalue weighted by molar-refractivity contribution is -0.116. The van der Waals surface area contributed by atoms with Crippen LogP contribution < -0.4 is 15.3 Å². The minimum atomic E-state index is -3.47. The standard InChI is InChI=1S/C22H28N4O4S/c1-15-8-10-18(13-16(15)2)26(31(5,29)30)12-6-7-21(27)23-17-9-11-19-20(14-17)25(4)22(28)24(19)3/h8-11,13-14H,6-7,12H2,1-5H3,(H,23,27). The van der Waals surface area contributed by atoms with Gasteiger partial charge in [-0.05, 0) is 61.7 Å². The number of sulfonamides is 1. The van der Waals surface area contributed by atoms with Gasteiger partial charge in [0.05, 0.1) is 23.0 Å². The fourth-order valence-corrected chi connectivity index (χ4v) is 4.52. The van der Waals surface area contributed by atoms with Gasteiger partial charge in [0.1, 0.15) is 0 Å². The van der Waals surface area contributed by atoms with Crippen LogP contribution >= 0.6 is 0 Å². The van der Waals surface area contributed by atoms with E-state index in [1.807, 2.05) is 26.0 Å². The zero-order chi connectivity index (χ0) is 22.9. The summed E-state index contributed by atoms with van der Waals surface area (Å²) in [7, 11) is -0.0845. The monoisotopic (exact) mass is 444 g/mol. The van der Waals surface area contributed by atoms with E-state index in [9.17, 15) is 18.0 Å². The number of amides is 1. The Bertz CT molecular complexity index is 1310. The molecule has 1 heterocycles. The van der Waals surface area contributed by atoms with Crippen molar-refractivity contribution in [3.8, 4) is 0 Å². The van der Waals surface area contributed by atoms with Crippen molar-refractivity contribution in [2.75, 3.05) is 22.4 Å². The molecule has 31 heavy (non-hydrogen) atoms. The third-order valence-electron chi connectivity index (χ3n) is 5.50. The minimum Gasteiger partial charge on any atom is -0.326 e. The van der Waals surface area contributed by atoms with E-state index in [2.05, 4.69) is 5.32 Å². The molecule has 0 aliphatic heterocycles. The van der Waals surface area contributed by atoms with Gasteiger partial charge in [0.2, 0.25) is 15.9 Å². The first-order valence-electron chi connectivity index (χ1n) is 9.99. The predicted octanol–water partition coefficient (Wildman–Crippen LogP) is 2.68. The number of benzene rings is 2. The number of aryl methyl sites for hydroxylation is 4. The van der Waals surface area contributed by atoms with Crippen molar-refractivity contribution < 1.29 is 13.2 Å². The van der Waals surface area contributed by atoms with Crippen LogP contribution in [-0.2, 0) is 28.9 Å². The predicted molar refractivity (Wildman–Crippen MR) is 124 cm³/mol. The first-order chi connectivity index (χ1) is 14.5. The van der Waals surface area contributed by atoms with Gasteiger partial charge in [-0.1, -0.05) is 6.07 Å². The van der Waals surface area contributed by atoms with E-state index in [-0.39, 0.29) is 24.6 Å². The van der Waals surface area contributed by atoms with Crippen molar-refractivity contribution in [3.05, 3.63) is 58.0 Å². The van der Waals surface area contributed by atoms with Crippen LogP contribution in [-0.4, -0.2) is 36.3 Å². The highest BCUT2D eigenvalue weighted by Crippen LogP contribution is 2.22. The SMILES string of the molecule is Cc1ccc(N(CCCC(=O)Nc2ccc3c(c2)n(C)c(=O)n3C)S(C)(=O)=O)cc1C. The number of hydrogen-bond acceptors (Lipinski definition) is 4. The molecule has 0 radical (unpaired) electrons. The number of carbonyl (C=O) groups excluding carboxylic acids is 1. The molecule has 0 aliphatic carbocycles. The molecule has 0 saturated heterocycles. The molecule has 0 atom stereocenters. The maximum atomic E-state index is 12.4. The number of imidazole rings is 1. The molecule has 8 nitrogen and oxygen atoms in total. The Morgan fingerprint density at radius 2 is 1.68 bits per heavy atom. The summed E-state index contributed by atoms with van der Waals surface area (Å²) >= 11 is 0. The van der Waals surface area contributed by atoms with Crippen LogP contribution in [0.2, 0.25) is 0 Å². The molecule has 9 heteroatoms. The summed E-state index contributed by atoms with van der Waals surface area (Å²) < 4.78 is 29.0. The lowest BCUT2D eigenvalue weighted by Crippen LogP contribution is -2.31.